The maximum absolute atomic E-state index is 12.6. The summed E-state index contributed by atoms with van der Waals surface area (Å²) in [6, 6.07) is 7.05. The minimum atomic E-state index is -0.536. The van der Waals surface area contributed by atoms with Crippen LogP contribution in [0.15, 0.2) is 33.5 Å². The number of oxazole rings is 1. The fourth-order valence-corrected chi connectivity index (χ4v) is 3.44. The molecule has 0 aliphatic carbocycles. The summed E-state index contributed by atoms with van der Waals surface area (Å²) in [6.45, 7) is 0.862. The molecule has 3 saturated heterocycles. The minimum Gasteiger partial charge on any atom is -0.408 e. The van der Waals surface area contributed by atoms with Crippen molar-refractivity contribution < 1.29 is 14.0 Å². The molecule has 0 unspecified atom stereocenters. The Hall–Kier alpha value is -2.57. The molecule has 0 spiro atoms. The van der Waals surface area contributed by atoms with Crippen molar-refractivity contribution in [1.82, 2.24) is 14.8 Å². The molecule has 1 N–H and O–H groups in total. The molecule has 1 aromatic heterocycles. The van der Waals surface area contributed by atoms with Gasteiger partial charge < -0.3 is 14.6 Å². The number of aromatic nitrogens is 1. The number of benzene rings is 1. The number of hydrogen-bond acceptors (Lipinski definition) is 4. The Balaban J connectivity index is 1.59. The topological polar surface area (TPSA) is 84.5 Å². The summed E-state index contributed by atoms with van der Waals surface area (Å²) in [6.07, 6.45) is 1.71. The average Bonchev–Trinajstić information content (AvgIpc) is 2.69. The van der Waals surface area contributed by atoms with Gasteiger partial charge in [0.2, 0.25) is 11.8 Å². The van der Waals surface area contributed by atoms with Crippen LogP contribution < -0.4 is 11.1 Å². The zero-order chi connectivity index (χ0) is 16.0. The summed E-state index contributed by atoms with van der Waals surface area (Å²) >= 11 is 0. The Morgan fingerprint density at radius 2 is 2.04 bits per heavy atom. The molecule has 4 heterocycles. The molecule has 1 aromatic carbocycles. The highest BCUT2D eigenvalue weighted by Gasteiger charge is 2.36. The number of nitrogens with zero attached hydrogens (tertiary/aromatic N) is 2. The lowest BCUT2D eigenvalue weighted by Gasteiger charge is -2.23. The van der Waals surface area contributed by atoms with Crippen molar-refractivity contribution in [2.45, 2.75) is 25.4 Å². The first-order chi connectivity index (χ1) is 11.1. The van der Waals surface area contributed by atoms with Crippen LogP contribution in [0.1, 0.15) is 12.8 Å². The standard InChI is InChI=1S/C16H17N3O4/c20-14(18-7-10-5-6-11(8-18)17-15(10)21)9-19-12-3-1-2-4-13(12)23-16(19)22/h1-4,10-11H,5-9H2,(H,17,21)/t10-,11+/m1/s1. The molecule has 3 aliphatic rings. The van der Waals surface area contributed by atoms with Gasteiger partial charge >= 0.3 is 5.76 Å². The molecule has 2 atom stereocenters. The second-order valence-electron chi connectivity index (χ2n) is 6.20. The van der Waals surface area contributed by atoms with E-state index in [0.29, 0.717) is 24.2 Å². The van der Waals surface area contributed by atoms with E-state index in [1.807, 2.05) is 0 Å². The summed E-state index contributed by atoms with van der Waals surface area (Å²) < 4.78 is 6.50. The first-order valence-electron chi connectivity index (χ1n) is 7.78. The van der Waals surface area contributed by atoms with Gasteiger partial charge in [-0.2, -0.15) is 0 Å². The van der Waals surface area contributed by atoms with E-state index in [-0.39, 0.29) is 30.3 Å². The molecule has 23 heavy (non-hydrogen) atoms. The first-order valence-corrected chi connectivity index (χ1v) is 7.78. The van der Waals surface area contributed by atoms with E-state index in [1.165, 1.54) is 4.57 Å². The predicted molar refractivity (Wildman–Crippen MR) is 81.7 cm³/mol. The smallest absolute Gasteiger partial charge is 0.408 e. The van der Waals surface area contributed by atoms with Gasteiger partial charge in [0.25, 0.3) is 0 Å². The molecular formula is C16H17N3O4. The van der Waals surface area contributed by atoms with Gasteiger partial charge in [0, 0.05) is 19.1 Å². The van der Waals surface area contributed by atoms with Crippen molar-refractivity contribution in [3.05, 3.63) is 34.8 Å². The molecule has 0 saturated carbocycles. The van der Waals surface area contributed by atoms with Gasteiger partial charge in [0.05, 0.1) is 11.4 Å². The van der Waals surface area contributed by atoms with Crippen LogP contribution in [0.2, 0.25) is 0 Å². The Kier molecular flexibility index (Phi) is 3.21. The molecule has 2 aromatic rings. The van der Waals surface area contributed by atoms with Crippen molar-refractivity contribution in [1.29, 1.82) is 0 Å². The van der Waals surface area contributed by atoms with E-state index < -0.39 is 5.76 Å². The monoisotopic (exact) mass is 315 g/mol. The summed E-state index contributed by atoms with van der Waals surface area (Å²) in [5.74, 6) is -0.809. The summed E-state index contributed by atoms with van der Waals surface area (Å²) in [7, 11) is 0. The zero-order valence-corrected chi connectivity index (χ0v) is 12.5. The van der Waals surface area contributed by atoms with Crippen LogP contribution in [-0.4, -0.2) is 40.4 Å². The van der Waals surface area contributed by atoms with E-state index in [4.69, 9.17) is 4.42 Å². The van der Waals surface area contributed by atoms with Crippen molar-refractivity contribution in [2.24, 2.45) is 5.92 Å². The molecule has 120 valence electrons. The third kappa shape index (κ3) is 2.42. The molecule has 5 rings (SSSR count). The number of para-hydroxylation sites is 2. The maximum Gasteiger partial charge on any atom is 0.420 e. The highest BCUT2D eigenvalue weighted by atomic mass is 16.4. The minimum absolute atomic E-state index is 0.0167. The van der Waals surface area contributed by atoms with Crippen molar-refractivity contribution >= 4 is 22.9 Å². The summed E-state index contributed by atoms with van der Waals surface area (Å²) in [5, 5.41) is 2.94. The maximum atomic E-state index is 12.6. The van der Waals surface area contributed by atoms with E-state index in [1.54, 1.807) is 29.2 Å². The summed E-state index contributed by atoms with van der Waals surface area (Å²) in [4.78, 5) is 38.2. The van der Waals surface area contributed by atoms with Crippen LogP contribution in [0.3, 0.4) is 0 Å². The van der Waals surface area contributed by atoms with Crippen LogP contribution in [0.4, 0.5) is 0 Å². The van der Waals surface area contributed by atoms with Gasteiger partial charge in [-0.1, -0.05) is 12.1 Å². The van der Waals surface area contributed by atoms with E-state index in [2.05, 4.69) is 5.32 Å². The highest BCUT2D eigenvalue weighted by Crippen LogP contribution is 2.23. The molecule has 7 heteroatoms. The van der Waals surface area contributed by atoms with E-state index in [0.717, 1.165) is 12.8 Å². The zero-order valence-electron chi connectivity index (χ0n) is 12.5. The van der Waals surface area contributed by atoms with Crippen LogP contribution >= 0.6 is 0 Å². The van der Waals surface area contributed by atoms with Crippen molar-refractivity contribution in [3.63, 3.8) is 0 Å². The molecule has 2 bridgehead atoms. The molecular weight excluding hydrogens is 298 g/mol. The number of carbonyl (C=O) groups excluding carboxylic acids is 2. The van der Waals surface area contributed by atoms with E-state index >= 15 is 0 Å². The van der Waals surface area contributed by atoms with Gasteiger partial charge in [-0.15, -0.1) is 0 Å². The third-order valence-corrected chi connectivity index (χ3v) is 4.68. The number of rotatable bonds is 2. The van der Waals surface area contributed by atoms with Crippen molar-refractivity contribution in [2.75, 3.05) is 13.1 Å². The lowest BCUT2D eigenvalue weighted by Crippen LogP contribution is -2.44. The van der Waals surface area contributed by atoms with Gasteiger partial charge in [-0.3, -0.25) is 14.2 Å². The second-order valence-corrected chi connectivity index (χ2v) is 6.20. The SMILES string of the molecule is O=C1N[C@H]2CC[C@@H]1CN(C(=O)Cn1c(=O)oc3ccccc31)C2. The van der Waals surface area contributed by atoms with Gasteiger partial charge in [-0.25, -0.2) is 4.79 Å². The number of carbonyl (C=O) groups is 2. The van der Waals surface area contributed by atoms with Crippen molar-refractivity contribution in [3.8, 4) is 0 Å². The fourth-order valence-electron chi connectivity index (χ4n) is 3.44. The lowest BCUT2D eigenvalue weighted by atomic mass is 9.96. The fraction of sp³-hybridized carbons (Fsp3) is 0.438. The number of nitrogens with one attached hydrogen (secondary N) is 1. The lowest BCUT2D eigenvalue weighted by molar-refractivity contribution is -0.132. The van der Waals surface area contributed by atoms with Gasteiger partial charge in [-0.05, 0) is 25.0 Å². The third-order valence-electron chi connectivity index (χ3n) is 4.68. The Morgan fingerprint density at radius 1 is 1.22 bits per heavy atom. The first kappa shape index (κ1) is 14.0. The Morgan fingerprint density at radius 3 is 2.87 bits per heavy atom. The molecule has 3 aliphatic heterocycles. The highest BCUT2D eigenvalue weighted by molar-refractivity contribution is 5.83. The van der Waals surface area contributed by atoms with Crippen LogP contribution in [0.25, 0.3) is 11.1 Å². The molecule has 7 nitrogen and oxygen atoms in total. The van der Waals surface area contributed by atoms with Crippen LogP contribution in [-0.2, 0) is 16.1 Å². The number of amides is 2. The number of fused-ring (bicyclic) bond motifs is 5. The normalized spacial score (nSPS) is 23.8. The van der Waals surface area contributed by atoms with Gasteiger partial charge in [0.1, 0.15) is 6.54 Å². The second kappa shape index (κ2) is 5.26. The van der Waals surface area contributed by atoms with Crippen LogP contribution in [0, 0.1) is 5.92 Å². The quantitative estimate of drug-likeness (QED) is 0.865. The van der Waals surface area contributed by atoms with Crippen LogP contribution in [0.5, 0.6) is 0 Å². The average molecular weight is 315 g/mol. The molecule has 0 radical (unpaired) electrons. The Labute approximate surface area is 131 Å². The number of piperidine rings is 1. The largest absolute Gasteiger partial charge is 0.420 e. The Bertz CT molecular complexity index is 837. The molecule has 3 fully saturated rings. The number of hydrogen-bond donors (Lipinski definition) is 1. The predicted octanol–water partition coefficient (Wildman–Crippen LogP) is 0.331. The summed E-state index contributed by atoms with van der Waals surface area (Å²) in [5.41, 5.74) is 1.08. The molecule has 2 amide bonds. The van der Waals surface area contributed by atoms with E-state index in [9.17, 15) is 14.4 Å². The van der Waals surface area contributed by atoms with Gasteiger partial charge in [0.15, 0.2) is 5.58 Å².